The summed E-state index contributed by atoms with van der Waals surface area (Å²) in [4.78, 5) is 11.8. The number of carbonyl (C=O) groups is 1. The smallest absolute Gasteiger partial charge is 0.262 e. The number of para-hydroxylation sites is 2. The molecule has 20 heavy (non-hydrogen) atoms. The number of ether oxygens (including phenoxy) is 2. The summed E-state index contributed by atoms with van der Waals surface area (Å²) >= 11 is 0. The monoisotopic (exact) mass is 276 g/mol. The SMILES string of the molecule is CCOc1ccccc1NC(=O)COc1cc(C)on1. The summed E-state index contributed by atoms with van der Waals surface area (Å²) in [5.74, 6) is 1.25. The van der Waals surface area contributed by atoms with Gasteiger partial charge >= 0.3 is 0 Å². The maximum atomic E-state index is 11.8. The molecular weight excluding hydrogens is 260 g/mol. The fraction of sp³-hybridized carbons (Fsp3) is 0.286. The maximum absolute atomic E-state index is 11.8. The van der Waals surface area contributed by atoms with Gasteiger partial charge < -0.3 is 19.3 Å². The maximum Gasteiger partial charge on any atom is 0.262 e. The average molecular weight is 276 g/mol. The van der Waals surface area contributed by atoms with E-state index in [1.165, 1.54) is 0 Å². The number of rotatable bonds is 6. The molecule has 2 aromatic rings. The third-order valence-electron chi connectivity index (χ3n) is 2.42. The van der Waals surface area contributed by atoms with E-state index < -0.39 is 0 Å². The molecule has 1 aromatic carbocycles. The van der Waals surface area contributed by atoms with Crippen molar-refractivity contribution in [2.24, 2.45) is 0 Å². The predicted molar refractivity (Wildman–Crippen MR) is 73.0 cm³/mol. The Hall–Kier alpha value is -2.50. The number of aryl methyl sites for hydroxylation is 1. The van der Waals surface area contributed by atoms with Gasteiger partial charge in [-0.2, -0.15) is 0 Å². The second-order valence-corrected chi connectivity index (χ2v) is 4.04. The largest absolute Gasteiger partial charge is 0.492 e. The van der Waals surface area contributed by atoms with Gasteiger partial charge in [-0.05, 0) is 31.1 Å². The molecule has 1 heterocycles. The third kappa shape index (κ3) is 3.74. The summed E-state index contributed by atoms with van der Waals surface area (Å²) < 4.78 is 15.5. The van der Waals surface area contributed by atoms with Gasteiger partial charge in [0, 0.05) is 6.07 Å². The number of nitrogens with zero attached hydrogens (tertiary/aromatic N) is 1. The van der Waals surface area contributed by atoms with Crippen LogP contribution in [0.15, 0.2) is 34.9 Å². The minimum atomic E-state index is -0.294. The number of nitrogens with one attached hydrogen (secondary N) is 1. The normalized spacial score (nSPS) is 10.1. The Labute approximate surface area is 116 Å². The van der Waals surface area contributed by atoms with Crippen LogP contribution in [-0.4, -0.2) is 24.3 Å². The van der Waals surface area contributed by atoms with E-state index in [4.69, 9.17) is 14.0 Å². The van der Waals surface area contributed by atoms with Crippen molar-refractivity contribution < 1.29 is 18.8 Å². The molecule has 0 aliphatic heterocycles. The number of benzene rings is 1. The van der Waals surface area contributed by atoms with Crippen LogP contribution in [0.4, 0.5) is 5.69 Å². The molecule has 0 spiro atoms. The van der Waals surface area contributed by atoms with E-state index in [1.54, 1.807) is 25.1 Å². The van der Waals surface area contributed by atoms with Crippen molar-refractivity contribution in [3.05, 3.63) is 36.1 Å². The minimum absolute atomic E-state index is 0.146. The Morgan fingerprint density at radius 2 is 2.15 bits per heavy atom. The number of amides is 1. The highest BCUT2D eigenvalue weighted by molar-refractivity contribution is 5.93. The van der Waals surface area contributed by atoms with E-state index in [0.717, 1.165) is 0 Å². The number of aromatic nitrogens is 1. The topological polar surface area (TPSA) is 73.6 Å². The summed E-state index contributed by atoms with van der Waals surface area (Å²) in [5.41, 5.74) is 0.610. The molecule has 1 amide bonds. The Morgan fingerprint density at radius 3 is 2.85 bits per heavy atom. The van der Waals surface area contributed by atoms with Gasteiger partial charge in [0.15, 0.2) is 6.61 Å². The third-order valence-corrected chi connectivity index (χ3v) is 2.42. The number of hydrogen-bond acceptors (Lipinski definition) is 5. The lowest BCUT2D eigenvalue weighted by Gasteiger charge is -2.11. The first kappa shape index (κ1) is 13.9. The second-order valence-electron chi connectivity index (χ2n) is 4.04. The molecular formula is C14H16N2O4. The van der Waals surface area contributed by atoms with Gasteiger partial charge in [0.1, 0.15) is 11.5 Å². The first-order chi connectivity index (χ1) is 9.69. The molecule has 0 atom stereocenters. The fourth-order valence-corrected chi connectivity index (χ4v) is 1.59. The van der Waals surface area contributed by atoms with Crippen molar-refractivity contribution in [1.29, 1.82) is 0 Å². The van der Waals surface area contributed by atoms with Gasteiger partial charge in [0.05, 0.1) is 12.3 Å². The summed E-state index contributed by atoms with van der Waals surface area (Å²) in [6.45, 7) is 4.01. The molecule has 6 heteroatoms. The van der Waals surface area contributed by atoms with E-state index in [-0.39, 0.29) is 18.4 Å². The molecule has 1 N–H and O–H groups in total. The first-order valence-corrected chi connectivity index (χ1v) is 6.27. The Balaban J connectivity index is 1.91. The molecule has 0 bridgehead atoms. The summed E-state index contributed by atoms with van der Waals surface area (Å²) in [7, 11) is 0. The first-order valence-electron chi connectivity index (χ1n) is 6.27. The molecule has 0 fully saturated rings. The second kappa shape index (κ2) is 6.60. The van der Waals surface area contributed by atoms with Gasteiger partial charge in [0.25, 0.3) is 11.8 Å². The van der Waals surface area contributed by atoms with Crippen LogP contribution in [0.5, 0.6) is 11.6 Å². The van der Waals surface area contributed by atoms with Crippen molar-refractivity contribution in [3.8, 4) is 11.6 Å². The summed E-state index contributed by atoms with van der Waals surface area (Å²) in [6, 6.07) is 8.83. The van der Waals surface area contributed by atoms with Gasteiger partial charge in [-0.25, -0.2) is 0 Å². The van der Waals surface area contributed by atoms with Gasteiger partial charge in [0.2, 0.25) is 0 Å². The van der Waals surface area contributed by atoms with E-state index in [2.05, 4.69) is 10.5 Å². The van der Waals surface area contributed by atoms with Crippen molar-refractivity contribution in [1.82, 2.24) is 5.16 Å². The van der Waals surface area contributed by atoms with Crippen LogP contribution in [0.25, 0.3) is 0 Å². The van der Waals surface area contributed by atoms with Crippen LogP contribution in [0.3, 0.4) is 0 Å². The molecule has 0 unspecified atom stereocenters. The lowest BCUT2D eigenvalue weighted by Crippen LogP contribution is -2.20. The van der Waals surface area contributed by atoms with Gasteiger partial charge in [-0.3, -0.25) is 4.79 Å². The Kier molecular flexibility index (Phi) is 4.60. The van der Waals surface area contributed by atoms with Crippen LogP contribution < -0.4 is 14.8 Å². The highest BCUT2D eigenvalue weighted by Gasteiger charge is 2.09. The molecule has 6 nitrogen and oxygen atoms in total. The van der Waals surface area contributed by atoms with E-state index in [0.29, 0.717) is 23.8 Å². The molecule has 0 aliphatic rings. The molecule has 0 radical (unpaired) electrons. The average Bonchev–Trinajstić information content (AvgIpc) is 2.85. The van der Waals surface area contributed by atoms with Crippen LogP contribution >= 0.6 is 0 Å². The van der Waals surface area contributed by atoms with Crippen LogP contribution in [0.2, 0.25) is 0 Å². The Bertz CT molecular complexity index is 580. The quantitative estimate of drug-likeness (QED) is 0.877. The molecule has 0 saturated heterocycles. The standard InChI is InChI=1S/C14H16N2O4/c1-3-18-12-7-5-4-6-11(12)15-13(17)9-19-14-8-10(2)20-16-14/h4-8H,3,9H2,1-2H3,(H,15,17). The molecule has 2 rings (SSSR count). The number of anilines is 1. The zero-order valence-corrected chi connectivity index (χ0v) is 11.4. The minimum Gasteiger partial charge on any atom is -0.492 e. The molecule has 0 saturated carbocycles. The van der Waals surface area contributed by atoms with Crippen molar-refractivity contribution in [2.45, 2.75) is 13.8 Å². The van der Waals surface area contributed by atoms with Crippen molar-refractivity contribution in [3.63, 3.8) is 0 Å². The predicted octanol–water partition coefficient (Wildman–Crippen LogP) is 2.40. The molecule has 106 valence electrons. The highest BCUT2D eigenvalue weighted by Crippen LogP contribution is 2.23. The van der Waals surface area contributed by atoms with Crippen LogP contribution in [-0.2, 0) is 4.79 Å². The number of hydrogen-bond donors (Lipinski definition) is 1. The zero-order valence-electron chi connectivity index (χ0n) is 11.4. The summed E-state index contributed by atoms with van der Waals surface area (Å²) in [5, 5.41) is 6.36. The lowest BCUT2D eigenvalue weighted by atomic mass is 10.3. The van der Waals surface area contributed by atoms with Crippen LogP contribution in [0, 0.1) is 6.92 Å². The van der Waals surface area contributed by atoms with Crippen molar-refractivity contribution >= 4 is 11.6 Å². The van der Waals surface area contributed by atoms with Gasteiger partial charge in [-0.15, -0.1) is 0 Å². The van der Waals surface area contributed by atoms with Crippen LogP contribution in [0.1, 0.15) is 12.7 Å². The van der Waals surface area contributed by atoms with E-state index >= 15 is 0 Å². The van der Waals surface area contributed by atoms with E-state index in [1.807, 2.05) is 19.1 Å². The van der Waals surface area contributed by atoms with Crippen molar-refractivity contribution in [2.75, 3.05) is 18.5 Å². The number of carbonyl (C=O) groups excluding carboxylic acids is 1. The fourth-order valence-electron chi connectivity index (χ4n) is 1.59. The molecule has 1 aromatic heterocycles. The lowest BCUT2D eigenvalue weighted by molar-refractivity contribution is -0.118. The Morgan fingerprint density at radius 1 is 1.35 bits per heavy atom. The zero-order chi connectivity index (χ0) is 14.4. The molecule has 0 aliphatic carbocycles. The summed E-state index contributed by atoms with van der Waals surface area (Å²) in [6.07, 6.45) is 0. The van der Waals surface area contributed by atoms with E-state index in [9.17, 15) is 4.79 Å². The highest BCUT2D eigenvalue weighted by atomic mass is 16.5. The van der Waals surface area contributed by atoms with Gasteiger partial charge in [-0.1, -0.05) is 12.1 Å².